The number of nitrogens with zero attached hydrogens (tertiary/aromatic N) is 1. The molecule has 4 nitrogen and oxygen atoms in total. The summed E-state index contributed by atoms with van der Waals surface area (Å²) in [6.07, 6.45) is 0. The Morgan fingerprint density at radius 2 is 1.67 bits per heavy atom. The monoisotopic (exact) mass is 288 g/mol. The second-order valence-electron chi connectivity index (χ2n) is 4.74. The van der Waals surface area contributed by atoms with Gasteiger partial charge < -0.3 is 5.73 Å². The Labute approximate surface area is 118 Å². The first-order valence-electron chi connectivity index (χ1n) is 6.17. The van der Waals surface area contributed by atoms with Crippen LogP contribution in [0.15, 0.2) is 36.4 Å². The smallest absolute Gasteiger partial charge is 0.263 e. The van der Waals surface area contributed by atoms with Crippen LogP contribution < -0.4 is 5.73 Å². The van der Waals surface area contributed by atoms with E-state index in [1.54, 1.807) is 6.07 Å². The molecule has 0 saturated carbocycles. The Kier molecular flexibility index (Phi) is 2.94. The quantitative estimate of drug-likeness (QED) is 0.681. The van der Waals surface area contributed by atoms with Crippen molar-refractivity contribution in [2.75, 3.05) is 5.73 Å². The fourth-order valence-electron chi connectivity index (χ4n) is 2.39. The topological polar surface area (TPSA) is 63.4 Å². The lowest BCUT2D eigenvalue weighted by atomic mass is 10.1. The average Bonchev–Trinajstić information content (AvgIpc) is 2.64. The van der Waals surface area contributed by atoms with Crippen molar-refractivity contribution >= 4 is 17.5 Å². The molecule has 2 aromatic carbocycles. The van der Waals surface area contributed by atoms with Gasteiger partial charge in [0.1, 0.15) is 11.6 Å². The van der Waals surface area contributed by atoms with Crippen LogP contribution in [-0.2, 0) is 6.54 Å². The third kappa shape index (κ3) is 2.14. The van der Waals surface area contributed by atoms with E-state index in [1.807, 2.05) is 0 Å². The second kappa shape index (κ2) is 4.66. The first-order valence-corrected chi connectivity index (χ1v) is 6.17. The summed E-state index contributed by atoms with van der Waals surface area (Å²) in [5.41, 5.74) is 6.45. The van der Waals surface area contributed by atoms with Gasteiger partial charge in [0.2, 0.25) is 0 Å². The third-order valence-corrected chi connectivity index (χ3v) is 3.29. The molecule has 0 spiro atoms. The summed E-state index contributed by atoms with van der Waals surface area (Å²) in [7, 11) is 0. The van der Waals surface area contributed by atoms with Crippen LogP contribution in [0.1, 0.15) is 26.3 Å². The fraction of sp³-hybridized carbons (Fsp3) is 0.0667. The van der Waals surface area contributed by atoms with Gasteiger partial charge in [0.15, 0.2) is 0 Å². The first kappa shape index (κ1) is 13.2. The number of hydrogen-bond donors (Lipinski definition) is 1. The summed E-state index contributed by atoms with van der Waals surface area (Å²) < 4.78 is 26.3. The maximum Gasteiger partial charge on any atom is 0.263 e. The molecule has 2 amide bonds. The third-order valence-electron chi connectivity index (χ3n) is 3.29. The Hall–Kier alpha value is -2.76. The molecule has 0 fully saturated rings. The molecule has 0 atom stereocenters. The molecular weight excluding hydrogens is 278 g/mol. The lowest BCUT2D eigenvalue weighted by Crippen LogP contribution is -2.29. The van der Waals surface area contributed by atoms with E-state index in [9.17, 15) is 18.4 Å². The van der Waals surface area contributed by atoms with Gasteiger partial charge in [0, 0.05) is 11.8 Å². The van der Waals surface area contributed by atoms with Crippen molar-refractivity contribution in [1.82, 2.24) is 4.90 Å². The predicted molar refractivity (Wildman–Crippen MR) is 71.4 cm³/mol. The van der Waals surface area contributed by atoms with Crippen LogP contribution in [0.5, 0.6) is 0 Å². The molecule has 1 heterocycles. The number of fused-ring (bicyclic) bond motifs is 1. The molecule has 0 aliphatic carbocycles. The highest BCUT2D eigenvalue weighted by Crippen LogP contribution is 2.28. The van der Waals surface area contributed by atoms with E-state index in [4.69, 9.17) is 5.73 Å². The molecule has 1 aliphatic heterocycles. The largest absolute Gasteiger partial charge is 0.398 e. The molecule has 21 heavy (non-hydrogen) atoms. The first-order chi connectivity index (χ1) is 9.97. The minimum absolute atomic E-state index is 0.138. The van der Waals surface area contributed by atoms with Crippen molar-refractivity contribution < 1.29 is 18.4 Å². The average molecular weight is 288 g/mol. The predicted octanol–water partition coefficient (Wildman–Crippen LogP) is 2.34. The Balaban J connectivity index is 1.97. The number of amides is 2. The summed E-state index contributed by atoms with van der Waals surface area (Å²) in [6.45, 7) is -0.208. The molecule has 6 heteroatoms. The maximum atomic E-state index is 13.2. The number of halogens is 2. The number of anilines is 1. The molecule has 0 bridgehead atoms. The van der Waals surface area contributed by atoms with Crippen LogP contribution in [0.4, 0.5) is 14.5 Å². The van der Waals surface area contributed by atoms with Gasteiger partial charge in [-0.2, -0.15) is 0 Å². The lowest BCUT2D eigenvalue weighted by Gasteiger charge is -2.14. The number of carbonyl (C=O) groups excluding carboxylic acids is 2. The lowest BCUT2D eigenvalue weighted by molar-refractivity contribution is 0.0642. The molecule has 0 radical (unpaired) electrons. The fourth-order valence-corrected chi connectivity index (χ4v) is 2.39. The highest BCUT2D eigenvalue weighted by molar-refractivity contribution is 6.23. The Morgan fingerprint density at radius 1 is 1.00 bits per heavy atom. The van der Waals surface area contributed by atoms with Crippen molar-refractivity contribution in [3.63, 3.8) is 0 Å². The van der Waals surface area contributed by atoms with E-state index in [2.05, 4.69) is 0 Å². The molecule has 1 aliphatic rings. The number of hydrogen-bond acceptors (Lipinski definition) is 3. The minimum Gasteiger partial charge on any atom is -0.398 e. The standard InChI is InChI=1S/C15H10F2N2O2/c16-9-4-8(5-10(17)6-9)7-19-14(20)11-2-1-3-12(18)13(11)15(19)21/h1-6H,7,18H2. The van der Waals surface area contributed by atoms with Gasteiger partial charge in [-0.05, 0) is 29.8 Å². The molecule has 0 aromatic heterocycles. The molecule has 3 rings (SSSR count). The zero-order valence-electron chi connectivity index (χ0n) is 10.8. The summed E-state index contributed by atoms with van der Waals surface area (Å²) in [4.78, 5) is 25.4. The zero-order valence-corrected chi connectivity index (χ0v) is 10.8. The number of carbonyl (C=O) groups is 2. The van der Waals surface area contributed by atoms with Crippen LogP contribution in [0.2, 0.25) is 0 Å². The van der Waals surface area contributed by atoms with E-state index in [-0.39, 0.29) is 28.9 Å². The van der Waals surface area contributed by atoms with E-state index < -0.39 is 23.4 Å². The Bertz CT molecular complexity index is 754. The zero-order chi connectivity index (χ0) is 15.1. The van der Waals surface area contributed by atoms with Crippen molar-refractivity contribution in [3.05, 3.63) is 64.7 Å². The Morgan fingerprint density at radius 3 is 2.29 bits per heavy atom. The van der Waals surface area contributed by atoms with Crippen LogP contribution in [0.3, 0.4) is 0 Å². The number of benzene rings is 2. The van der Waals surface area contributed by atoms with Gasteiger partial charge in [-0.15, -0.1) is 0 Å². The highest BCUT2D eigenvalue weighted by atomic mass is 19.1. The summed E-state index contributed by atoms with van der Waals surface area (Å²) in [6, 6.07) is 7.48. The van der Waals surface area contributed by atoms with Gasteiger partial charge in [-0.3, -0.25) is 14.5 Å². The highest BCUT2D eigenvalue weighted by Gasteiger charge is 2.36. The van der Waals surface area contributed by atoms with Crippen molar-refractivity contribution in [2.24, 2.45) is 0 Å². The van der Waals surface area contributed by atoms with Crippen LogP contribution in [0, 0.1) is 11.6 Å². The second-order valence-corrected chi connectivity index (χ2v) is 4.74. The molecule has 106 valence electrons. The van der Waals surface area contributed by atoms with Gasteiger partial charge in [0.25, 0.3) is 11.8 Å². The summed E-state index contributed by atoms with van der Waals surface area (Å²) in [5, 5.41) is 0. The summed E-state index contributed by atoms with van der Waals surface area (Å²) >= 11 is 0. The van der Waals surface area contributed by atoms with Crippen LogP contribution in [0.25, 0.3) is 0 Å². The van der Waals surface area contributed by atoms with Gasteiger partial charge in [0.05, 0.1) is 17.7 Å². The normalized spacial score (nSPS) is 13.7. The number of nitrogens with two attached hydrogens (primary N) is 1. The SMILES string of the molecule is Nc1cccc2c1C(=O)N(Cc1cc(F)cc(F)c1)C2=O. The molecule has 2 N–H and O–H groups in total. The number of rotatable bonds is 2. The van der Waals surface area contributed by atoms with Crippen LogP contribution in [-0.4, -0.2) is 16.7 Å². The van der Waals surface area contributed by atoms with E-state index in [0.717, 1.165) is 23.1 Å². The van der Waals surface area contributed by atoms with Crippen LogP contribution >= 0.6 is 0 Å². The van der Waals surface area contributed by atoms with Crippen molar-refractivity contribution in [1.29, 1.82) is 0 Å². The summed E-state index contributed by atoms with van der Waals surface area (Å²) in [5.74, 6) is -2.60. The van der Waals surface area contributed by atoms with Gasteiger partial charge in [-0.1, -0.05) is 6.07 Å². The van der Waals surface area contributed by atoms with Gasteiger partial charge in [-0.25, -0.2) is 8.78 Å². The van der Waals surface area contributed by atoms with Crippen molar-refractivity contribution in [3.8, 4) is 0 Å². The molecule has 0 saturated heterocycles. The van der Waals surface area contributed by atoms with Crippen molar-refractivity contribution in [2.45, 2.75) is 6.54 Å². The molecule has 0 unspecified atom stereocenters. The maximum absolute atomic E-state index is 13.2. The number of imide groups is 1. The van der Waals surface area contributed by atoms with E-state index in [0.29, 0.717) is 0 Å². The van der Waals surface area contributed by atoms with E-state index in [1.165, 1.54) is 12.1 Å². The number of nitrogen functional groups attached to an aromatic ring is 1. The molecule has 2 aromatic rings. The van der Waals surface area contributed by atoms with Gasteiger partial charge >= 0.3 is 0 Å². The van der Waals surface area contributed by atoms with E-state index >= 15 is 0 Å². The minimum atomic E-state index is -0.763. The molecular formula is C15H10F2N2O2.